The molecule has 3 rings (SSSR count). The van der Waals surface area contributed by atoms with E-state index in [0.717, 1.165) is 24.7 Å². The van der Waals surface area contributed by atoms with E-state index < -0.39 is 0 Å². The molecule has 5 nitrogen and oxygen atoms in total. The topological polar surface area (TPSA) is 84.2 Å². The van der Waals surface area contributed by atoms with Gasteiger partial charge in [0, 0.05) is 19.0 Å². The molecule has 0 aliphatic heterocycles. The normalized spacial score (nSPS) is 26.0. The van der Waals surface area contributed by atoms with Crippen LogP contribution < -0.4 is 16.4 Å². The van der Waals surface area contributed by atoms with Crippen molar-refractivity contribution in [2.24, 2.45) is 23.5 Å². The van der Waals surface area contributed by atoms with Gasteiger partial charge in [-0.1, -0.05) is 12.1 Å². The van der Waals surface area contributed by atoms with Gasteiger partial charge in [-0.05, 0) is 43.2 Å². The molecule has 2 unspecified atom stereocenters. The number of benzene rings is 1. The summed E-state index contributed by atoms with van der Waals surface area (Å²) < 4.78 is 0. The Morgan fingerprint density at radius 2 is 1.86 bits per heavy atom. The Bertz CT molecular complexity index is 548. The van der Waals surface area contributed by atoms with Gasteiger partial charge in [-0.2, -0.15) is 0 Å². The average molecular weight is 287 g/mol. The van der Waals surface area contributed by atoms with Crippen LogP contribution in [0.2, 0.25) is 0 Å². The predicted molar refractivity (Wildman–Crippen MR) is 80.8 cm³/mol. The molecule has 2 atom stereocenters. The van der Waals surface area contributed by atoms with Crippen LogP contribution in [0.4, 0.5) is 5.69 Å². The summed E-state index contributed by atoms with van der Waals surface area (Å²) in [5.41, 5.74) is 6.46. The van der Waals surface area contributed by atoms with Crippen LogP contribution in [0.25, 0.3) is 0 Å². The highest BCUT2D eigenvalue weighted by molar-refractivity contribution is 6.04. The fourth-order valence-electron chi connectivity index (χ4n) is 3.23. The molecule has 2 amide bonds. The molecule has 0 spiro atoms. The molecule has 0 radical (unpaired) electrons. The standard InChI is InChI=1S/C16H21N3O2/c17-5-6-18-16(21)13-3-1-2-4-14(13)19-15(20)12-8-10-7-11(10)9-12/h1-4,10-12H,5-9,17H2,(H,18,21)(H,19,20). The number of para-hydroxylation sites is 1. The molecule has 112 valence electrons. The average Bonchev–Trinajstić information content (AvgIpc) is 3.11. The Morgan fingerprint density at radius 1 is 1.14 bits per heavy atom. The van der Waals surface area contributed by atoms with Crippen molar-refractivity contribution in [2.45, 2.75) is 19.3 Å². The number of carbonyl (C=O) groups is 2. The van der Waals surface area contributed by atoms with E-state index in [1.54, 1.807) is 18.2 Å². The van der Waals surface area contributed by atoms with Crippen molar-refractivity contribution in [3.63, 3.8) is 0 Å². The first-order valence-corrected chi connectivity index (χ1v) is 7.57. The van der Waals surface area contributed by atoms with E-state index in [9.17, 15) is 9.59 Å². The van der Waals surface area contributed by atoms with Crippen molar-refractivity contribution in [1.82, 2.24) is 5.32 Å². The molecule has 5 heteroatoms. The van der Waals surface area contributed by atoms with E-state index in [4.69, 9.17) is 5.73 Å². The van der Waals surface area contributed by atoms with Crippen molar-refractivity contribution < 1.29 is 9.59 Å². The molecule has 2 saturated carbocycles. The Hall–Kier alpha value is -1.88. The maximum Gasteiger partial charge on any atom is 0.253 e. The van der Waals surface area contributed by atoms with Gasteiger partial charge in [0.1, 0.15) is 0 Å². The number of amides is 2. The van der Waals surface area contributed by atoms with Gasteiger partial charge in [-0.3, -0.25) is 9.59 Å². The van der Waals surface area contributed by atoms with Crippen molar-refractivity contribution in [2.75, 3.05) is 18.4 Å². The molecule has 1 aromatic rings. The number of carbonyl (C=O) groups excluding carboxylic acids is 2. The number of nitrogens with one attached hydrogen (secondary N) is 2. The lowest BCUT2D eigenvalue weighted by Crippen LogP contribution is -2.30. The number of hydrogen-bond donors (Lipinski definition) is 3. The molecular weight excluding hydrogens is 266 g/mol. The summed E-state index contributed by atoms with van der Waals surface area (Å²) in [5, 5.41) is 5.65. The third-order valence-corrected chi connectivity index (χ3v) is 4.47. The van der Waals surface area contributed by atoms with Crippen LogP contribution in [0.15, 0.2) is 24.3 Å². The van der Waals surface area contributed by atoms with Gasteiger partial charge in [-0.25, -0.2) is 0 Å². The van der Waals surface area contributed by atoms with Crippen molar-refractivity contribution in [1.29, 1.82) is 0 Å². The molecule has 0 bridgehead atoms. The van der Waals surface area contributed by atoms with Gasteiger partial charge in [0.15, 0.2) is 0 Å². The lowest BCUT2D eigenvalue weighted by molar-refractivity contribution is -0.120. The van der Waals surface area contributed by atoms with Crippen molar-refractivity contribution in [3.05, 3.63) is 29.8 Å². The summed E-state index contributed by atoms with van der Waals surface area (Å²) in [6, 6.07) is 7.09. The van der Waals surface area contributed by atoms with Crippen molar-refractivity contribution >= 4 is 17.5 Å². The monoisotopic (exact) mass is 287 g/mol. The zero-order chi connectivity index (χ0) is 14.8. The Morgan fingerprint density at radius 3 is 2.57 bits per heavy atom. The molecule has 0 heterocycles. The molecule has 2 fully saturated rings. The lowest BCUT2D eigenvalue weighted by atomic mass is 10.0. The van der Waals surface area contributed by atoms with Crippen LogP contribution in [-0.2, 0) is 4.79 Å². The summed E-state index contributed by atoms with van der Waals surface area (Å²) in [6.45, 7) is 0.818. The van der Waals surface area contributed by atoms with E-state index in [2.05, 4.69) is 10.6 Å². The van der Waals surface area contributed by atoms with Crippen LogP contribution >= 0.6 is 0 Å². The fourth-order valence-corrected chi connectivity index (χ4v) is 3.23. The maximum absolute atomic E-state index is 12.3. The fraction of sp³-hybridized carbons (Fsp3) is 0.500. The molecule has 0 aromatic heterocycles. The summed E-state index contributed by atoms with van der Waals surface area (Å²) in [7, 11) is 0. The van der Waals surface area contributed by atoms with E-state index in [0.29, 0.717) is 24.3 Å². The Kier molecular flexibility index (Phi) is 3.92. The minimum absolute atomic E-state index is 0.0428. The Balaban J connectivity index is 1.66. The summed E-state index contributed by atoms with van der Waals surface area (Å²) >= 11 is 0. The third kappa shape index (κ3) is 3.08. The van der Waals surface area contributed by atoms with E-state index in [-0.39, 0.29) is 17.7 Å². The minimum Gasteiger partial charge on any atom is -0.351 e. The van der Waals surface area contributed by atoms with E-state index in [1.807, 2.05) is 6.07 Å². The first-order valence-electron chi connectivity index (χ1n) is 7.57. The Labute approximate surface area is 124 Å². The molecule has 0 saturated heterocycles. The highest BCUT2D eigenvalue weighted by atomic mass is 16.2. The summed E-state index contributed by atoms with van der Waals surface area (Å²) in [6.07, 6.45) is 3.29. The van der Waals surface area contributed by atoms with Crippen LogP contribution in [0, 0.1) is 17.8 Å². The second kappa shape index (κ2) is 5.85. The molecular formula is C16H21N3O2. The predicted octanol–water partition coefficient (Wildman–Crippen LogP) is 1.36. The quantitative estimate of drug-likeness (QED) is 0.764. The van der Waals surface area contributed by atoms with Gasteiger partial charge >= 0.3 is 0 Å². The van der Waals surface area contributed by atoms with Crippen molar-refractivity contribution in [3.8, 4) is 0 Å². The van der Waals surface area contributed by atoms with E-state index in [1.165, 1.54) is 6.42 Å². The maximum atomic E-state index is 12.3. The minimum atomic E-state index is -0.203. The molecule has 2 aliphatic rings. The van der Waals surface area contributed by atoms with E-state index >= 15 is 0 Å². The van der Waals surface area contributed by atoms with Gasteiger partial charge in [0.2, 0.25) is 5.91 Å². The highest BCUT2D eigenvalue weighted by Crippen LogP contribution is 2.54. The highest BCUT2D eigenvalue weighted by Gasteiger charge is 2.48. The number of fused-ring (bicyclic) bond motifs is 1. The number of anilines is 1. The van der Waals surface area contributed by atoms with Gasteiger partial charge in [-0.15, -0.1) is 0 Å². The molecule has 1 aromatic carbocycles. The second-order valence-electron chi connectivity index (χ2n) is 6.00. The summed E-state index contributed by atoms with van der Waals surface area (Å²) in [5.74, 6) is 1.48. The SMILES string of the molecule is NCCNC(=O)c1ccccc1NC(=O)C1CC2CC2C1. The number of hydrogen-bond acceptors (Lipinski definition) is 3. The van der Waals surface area contributed by atoms with Gasteiger partial charge in [0.25, 0.3) is 5.91 Å². The second-order valence-corrected chi connectivity index (χ2v) is 6.00. The number of rotatable bonds is 5. The molecule has 4 N–H and O–H groups in total. The van der Waals surface area contributed by atoms with Gasteiger partial charge in [0.05, 0.1) is 11.3 Å². The third-order valence-electron chi connectivity index (χ3n) is 4.47. The zero-order valence-electron chi connectivity index (χ0n) is 12.0. The smallest absolute Gasteiger partial charge is 0.253 e. The zero-order valence-corrected chi connectivity index (χ0v) is 12.0. The van der Waals surface area contributed by atoms with Crippen LogP contribution in [0.1, 0.15) is 29.6 Å². The number of nitrogens with two attached hydrogens (primary N) is 1. The molecule has 21 heavy (non-hydrogen) atoms. The molecule has 2 aliphatic carbocycles. The lowest BCUT2D eigenvalue weighted by Gasteiger charge is -2.15. The first kappa shape index (κ1) is 14.1. The van der Waals surface area contributed by atoms with Crippen LogP contribution in [0.3, 0.4) is 0 Å². The van der Waals surface area contributed by atoms with Crippen LogP contribution in [0.5, 0.6) is 0 Å². The van der Waals surface area contributed by atoms with Crippen LogP contribution in [-0.4, -0.2) is 24.9 Å². The van der Waals surface area contributed by atoms with Gasteiger partial charge < -0.3 is 16.4 Å². The summed E-state index contributed by atoms with van der Waals surface area (Å²) in [4.78, 5) is 24.4. The largest absolute Gasteiger partial charge is 0.351 e. The first-order chi connectivity index (χ1) is 10.2.